The van der Waals surface area contributed by atoms with E-state index in [4.69, 9.17) is 13.9 Å². The largest absolute Gasteiger partial charge is 0.497 e. The van der Waals surface area contributed by atoms with Gasteiger partial charge in [-0.2, -0.15) is 0 Å². The minimum atomic E-state index is 0.0309. The van der Waals surface area contributed by atoms with E-state index < -0.39 is 0 Å². The van der Waals surface area contributed by atoms with Gasteiger partial charge in [0, 0.05) is 55.0 Å². The molecule has 2 aromatic carbocycles. The van der Waals surface area contributed by atoms with Crippen LogP contribution in [0, 0.1) is 6.92 Å². The predicted octanol–water partition coefficient (Wildman–Crippen LogP) is 4.90. The fourth-order valence-corrected chi connectivity index (χ4v) is 4.10. The lowest BCUT2D eigenvalue weighted by atomic mass is 10.0. The molecule has 0 N–H and O–H groups in total. The van der Waals surface area contributed by atoms with Gasteiger partial charge in [0.25, 0.3) is 0 Å². The smallest absolute Gasteiger partial charge is 0.246 e. The third-order valence-electron chi connectivity index (χ3n) is 5.96. The summed E-state index contributed by atoms with van der Waals surface area (Å²) in [5.74, 6) is 1.61. The highest BCUT2D eigenvalue weighted by Gasteiger charge is 2.21. The molecule has 0 radical (unpaired) electrons. The van der Waals surface area contributed by atoms with Crippen LogP contribution in [0.4, 0.5) is 5.69 Å². The number of furan rings is 1. The summed E-state index contributed by atoms with van der Waals surface area (Å²) in [5, 5.41) is 1.04. The summed E-state index contributed by atoms with van der Waals surface area (Å²) in [5.41, 5.74) is 4.82. The molecule has 4 rings (SSSR count). The number of hydrogen-bond acceptors (Lipinski definition) is 5. The Labute approximate surface area is 189 Å². The lowest BCUT2D eigenvalue weighted by Gasteiger charge is -2.35. The summed E-state index contributed by atoms with van der Waals surface area (Å²) in [6.07, 6.45) is 3.47. The summed E-state index contributed by atoms with van der Waals surface area (Å²) in [7, 11) is 1.67. The SMILES string of the molecule is CCOc1cc2occ(C)c2cc1/C(C)=C/C(=O)N1CCN(c2ccc(OC)cc2)CC1. The van der Waals surface area contributed by atoms with E-state index in [1.807, 2.05) is 43.9 Å². The fraction of sp³-hybridized carbons (Fsp3) is 0.346. The zero-order chi connectivity index (χ0) is 22.7. The zero-order valence-corrected chi connectivity index (χ0v) is 19.2. The van der Waals surface area contributed by atoms with Crippen LogP contribution < -0.4 is 14.4 Å². The number of anilines is 1. The zero-order valence-electron chi connectivity index (χ0n) is 19.2. The molecule has 0 spiro atoms. The van der Waals surface area contributed by atoms with Crippen LogP contribution in [-0.4, -0.2) is 50.7 Å². The van der Waals surface area contributed by atoms with E-state index in [-0.39, 0.29) is 5.91 Å². The molecule has 1 aromatic heterocycles. The van der Waals surface area contributed by atoms with Crippen LogP contribution in [0.25, 0.3) is 16.5 Å². The van der Waals surface area contributed by atoms with Gasteiger partial charge < -0.3 is 23.7 Å². The Hall–Kier alpha value is -3.41. The van der Waals surface area contributed by atoms with Crippen molar-refractivity contribution in [3.8, 4) is 11.5 Å². The molecule has 6 nitrogen and oxygen atoms in total. The number of ether oxygens (including phenoxy) is 2. The van der Waals surface area contributed by atoms with Crippen LogP contribution in [-0.2, 0) is 4.79 Å². The van der Waals surface area contributed by atoms with Gasteiger partial charge in [-0.1, -0.05) is 0 Å². The molecular formula is C26H30N2O4. The lowest BCUT2D eigenvalue weighted by Crippen LogP contribution is -2.48. The summed E-state index contributed by atoms with van der Waals surface area (Å²) >= 11 is 0. The van der Waals surface area contributed by atoms with E-state index in [1.54, 1.807) is 19.4 Å². The molecular weight excluding hydrogens is 404 g/mol. The maximum atomic E-state index is 13.0. The molecule has 168 valence electrons. The molecule has 1 fully saturated rings. The molecule has 0 unspecified atom stereocenters. The van der Waals surface area contributed by atoms with Crippen molar-refractivity contribution in [2.24, 2.45) is 0 Å². The second kappa shape index (κ2) is 9.39. The van der Waals surface area contributed by atoms with Crippen LogP contribution in [0.15, 0.2) is 53.2 Å². The van der Waals surface area contributed by atoms with E-state index in [2.05, 4.69) is 23.1 Å². The highest BCUT2D eigenvalue weighted by atomic mass is 16.5. The maximum Gasteiger partial charge on any atom is 0.246 e. The second-order valence-electron chi connectivity index (χ2n) is 8.03. The topological polar surface area (TPSA) is 55.2 Å². The number of aryl methyl sites for hydroxylation is 1. The fourth-order valence-electron chi connectivity index (χ4n) is 4.10. The summed E-state index contributed by atoms with van der Waals surface area (Å²) in [6.45, 7) is 9.46. The third-order valence-corrected chi connectivity index (χ3v) is 5.96. The lowest BCUT2D eigenvalue weighted by molar-refractivity contribution is -0.126. The number of fused-ring (bicyclic) bond motifs is 1. The van der Waals surface area contributed by atoms with Crippen LogP contribution in [0.5, 0.6) is 11.5 Å². The number of allylic oxidation sites excluding steroid dienone is 1. The molecule has 0 aliphatic carbocycles. The van der Waals surface area contributed by atoms with Gasteiger partial charge in [-0.3, -0.25) is 4.79 Å². The van der Waals surface area contributed by atoms with E-state index in [0.29, 0.717) is 19.7 Å². The Morgan fingerprint density at radius 3 is 2.50 bits per heavy atom. The van der Waals surface area contributed by atoms with Crippen LogP contribution in [0.2, 0.25) is 0 Å². The Bertz CT molecular complexity index is 1120. The highest BCUT2D eigenvalue weighted by Crippen LogP contribution is 2.33. The molecule has 1 amide bonds. The van der Waals surface area contributed by atoms with Crippen molar-refractivity contribution in [3.05, 3.63) is 59.9 Å². The van der Waals surface area contributed by atoms with E-state index in [1.165, 1.54) is 0 Å². The Morgan fingerprint density at radius 1 is 1.12 bits per heavy atom. The molecule has 6 heteroatoms. The van der Waals surface area contributed by atoms with Crippen LogP contribution in [0.1, 0.15) is 25.0 Å². The van der Waals surface area contributed by atoms with Gasteiger partial charge in [0.2, 0.25) is 5.91 Å². The maximum absolute atomic E-state index is 13.0. The van der Waals surface area contributed by atoms with Crippen molar-refractivity contribution in [2.45, 2.75) is 20.8 Å². The van der Waals surface area contributed by atoms with Gasteiger partial charge in [0.05, 0.1) is 20.0 Å². The van der Waals surface area contributed by atoms with Gasteiger partial charge in [0.15, 0.2) is 0 Å². The number of carbonyl (C=O) groups is 1. The van der Waals surface area contributed by atoms with Gasteiger partial charge >= 0.3 is 0 Å². The molecule has 0 bridgehead atoms. The number of methoxy groups -OCH3 is 1. The molecule has 3 aromatic rings. The van der Waals surface area contributed by atoms with Gasteiger partial charge in [-0.25, -0.2) is 0 Å². The minimum Gasteiger partial charge on any atom is -0.497 e. The Kier molecular flexibility index (Phi) is 6.40. The first kappa shape index (κ1) is 21.8. The van der Waals surface area contributed by atoms with Gasteiger partial charge in [-0.15, -0.1) is 0 Å². The summed E-state index contributed by atoms with van der Waals surface area (Å²) < 4.78 is 16.7. The van der Waals surface area contributed by atoms with E-state index in [0.717, 1.165) is 57.9 Å². The van der Waals surface area contributed by atoms with Crippen molar-refractivity contribution >= 4 is 28.1 Å². The summed E-state index contributed by atoms with van der Waals surface area (Å²) in [6, 6.07) is 12.0. The minimum absolute atomic E-state index is 0.0309. The molecule has 2 heterocycles. The Morgan fingerprint density at radius 2 is 1.84 bits per heavy atom. The first-order chi connectivity index (χ1) is 15.5. The molecule has 0 saturated carbocycles. The number of piperazine rings is 1. The number of hydrogen-bond donors (Lipinski definition) is 0. The number of nitrogens with zero attached hydrogens (tertiary/aromatic N) is 2. The van der Waals surface area contributed by atoms with Crippen molar-refractivity contribution in [1.82, 2.24) is 4.90 Å². The first-order valence-corrected chi connectivity index (χ1v) is 11.0. The molecule has 1 aliphatic rings. The molecule has 1 aliphatic heterocycles. The number of rotatable bonds is 6. The molecule has 32 heavy (non-hydrogen) atoms. The van der Waals surface area contributed by atoms with Gasteiger partial charge in [0.1, 0.15) is 17.1 Å². The Balaban J connectivity index is 1.47. The average Bonchev–Trinajstić information content (AvgIpc) is 3.18. The monoisotopic (exact) mass is 434 g/mol. The average molecular weight is 435 g/mol. The third kappa shape index (κ3) is 4.44. The number of benzene rings is 2. The normalized spacial score (nSPS) is 14.7. The van der Waals surface area contributed by atoms with E-state index in [9.17, 15) is 4.79 Å². The first-order valence-electron chi connectivity index (χ1n) is 11.0. The van der Waals surface area contributed by atoms with Crippen molar-refractivity contribution in [3.63, 3.8) is 0 Å². The standard InChI is InChI=1S/C26H30N2O4/c1-5-31-24-16-25-23(19(3)17-32-25)15-22(24)18(2)14-26(29)28-12-10-27(11-13-28)20-6-8-21(30-4)9-7-20/h6-9,14-17H,5,10-13H2,1-4H3/b18-14+. The van der Waals surface area contributed by atoms with Crippen LogP contribution >= 0.6 is 0 Å². The number of carbonyl (C=O) groups excluding carboxylic acids is 1. The van der Waals surface area contributed by atoms with Crippen molar-refractivity contribution in [1.29, 1.82) is 0 Å². The van der Waals surface area contributed by atoms with Crippen molar-refractivity contribution in [2.75, 3.05) is 44.8 Å². The second-order valence-corrected chi connectivity index (χ2v) is 8.03. The van der Waals surface area contributed by atoms with Crippen LogP contribution in [0.3, 0.4) is 0 Å². The summed E-state index contributed by atoms with van der Waals surface area (Å²) in [4.78, 5) is 17.2. The van der Waals surface area contributed by atoms with Crippen molar-refractivity contribution < 1.29 is 18.7 Å². The molecule has 0 atom stereocenters. The quantitative estimate of drug-likeness (QED) is 0.517. The molecule has 1 saturated heterocycles. The number of amides is 1. The van der Waals surface area contributed by atoms with Gasteiger partial charge in [-0.05, 0) is 62.2 Å². The van der Waals surface area contributed by atoms with E-state index >= 15 is 0 Å². The highest BCUT2D eigenvalue weighted by molar-refractivity contribution is 5.97. The predicted molar refractivity (Wildman–Crippen MR) is 128 cm³/mol.